The van der Waals surface area contributed by atoms with Crippen molar-refractivity contribution >= 4 is 52.2 Å². The second kappa shape index (κ2) is 5.54. The molecular formula is C12H8Cl4N2. The molecule has 0 unspecified atom stereocenters. The largest absolute Gasteiger partial charge is 0.372 e. The number of anilines is 1. The molecule has 0 saturated heterocycles. The zero-order valence-corrected chi connectivity index (χ0v) is 12.3. The SMILES string of the molecule is CNc1nc(-c2ccc(Cl)c(Cl)c2)c(Cl)cc1Cl. The van der Waals surface area contributed by atoms with Crippen molar-refractivity contribution in [1.82, 2.24) is 4.98 Å². The fourth-order valence-electron chi connectivity index (χ4n) is 1.49. The quantitative estimate of drug-likeness (QED) is 0.800. The molecule has 0 aliphatic heterocycles. The standard InChI is InChI=1S/C12H8Cl4N2/c1-17-12-10(16)5-9(15)11(18-12)6-2-3-7(13)8(14)4-6/h2-5H,1H3,(H,17,18). The zero-order chi connectivity index (χ0) is 13.3. The van der Waals surface area contributed by atoms with Gasteiger partial charge >= 0.3 is 0 Å². The molecule has 1 aromatic carbocycles. The van der Waals surface area contributed by atoms with Crippen molar-refractivity contribution in [3.8, 4) is 11.3 Å². The van der Waals surface area contributed by atoms with Gasteiger partial charge in [-0.1, -0.05) is 52.5 Å². The number of nitrogens with one attached hydrogen (secondary N) is 1. The molecular weight excluding hydrogens is 314 g/mol. The monoisotopic (exact) mass is 320 g/mol. The minimum atomic E-state index is 0.452. The first-order valence-electron chi connectivity index (χ1n) is 5.02. The summed E-state index contributed by atoms with van der Waals surface area (Å²) in [6.45, 7) is 0. The van der Waals surface area contributed by atoms with E-state index in [2.05, 4.69) is 10.3 Å². The van der Waals surface area contributed by atoms with Crippen LogP contribution in [0.15, 0.2) is 24.3 Å². The highest BCUT2D eigenvalue weighted by atomic mass is 35.5. The van der Waals surface area contributed by atoms with E-state index in [9.17, 15) is 0 Å². The van der Waals surface area contributed by atoms with E-state index in [0.29, 0.717) is 31.6 Å². The lowest BCUT2D eigenvalue weighted by Crippen LogP contribution is -1.96. The van der Waals surface area contributed by atoms with Crippen LogP contribution in [-0.4, -0.2) is 12.0 Å². The first-order valence-corrected chi connectivity index (χ1v) is 6.53. The molecule has 0 radical (unpaired) electrons. The van der Waals surface area contributed by atoms with Crippen LogP contribution in [0.25, 0.3) is 11.3 Å². The summed E-state index contributed by atoms with van der Waals surface area (Å²) < 4.78 is 0. The van der Waals surface area contributed by atoms with Gasteiger partial charge in [-0.2, -0.15) is 0 Å². The summed E-state index contributed by atoms with van der Waals surface area (Å²) in [7, 11) is 1.74. The molecule has 0 amide bonds. The molecule has 1 aromatic heterocycles. The van der Waals surface area contributed by atoms with E-state index >= 15 is 0 Å². The predicted molar refractivity (Wildman–Crippen MR) is 79.3 cm³/mol. The maximum Gasteiger partial charge on any atom is 0.145 e. The Hall–Kier alpha value is -0.670. The summed E-state index contributed by atoms with van der Waals surface area (Å²) in [5.74, 6) is 0.558. The Kier molecular flexibility index (Phi) is 4.23. The minimum Gasteiger partial charge on any atom is -0.372 e. The zero-order valence-electron chi connectivity index (χ0n) is 9.27. The third-order valence-corrected chi connectivity index (χ3v) is 3.67. The minimum absolute atomic E-state index is 0.452. The number of benzene rings is 1. The third kappa shape index (κ3) is 2.67. The molecule has 18 heavy (non-hydrogen) atoms. The Morgan fingerprint density at radius 1 is 0.889 bits per heavy atom. The molecule has 0 bridgehead atoms. The first kappa shape index (κ1) is 13.8. The molecule has 2 aromatic rings. The maximum absolute atomic E-state index is 6.13. The van der Waals surface area contributed by atoms with Crippen LogP contribution in [-0.2, 0) is 0 Å². The first-order chi connectivity index (χ1) is 8.52. The molecule has 0 saturated carbocycles. The Labute approximate surface area is 125 Å². The molecule has 1 N–H and O–H groups in total. The van der Waals surface area contributed by atoms with E-state index in [0.717, 1.165) is 5.56 Å². The van der Waals surface area contributed by atoms with E-state index in [-0.39, 0.29) is 0 Å². The molecule has 0 spiro atoms. The van der Waals surface area contributed by atoms with Gasteiger partial charge in [0.1, 0.15) is 5.82 Å². The average molecular weight is 322 g/mol. The van der Waals surface area contributed by atoms with Crippen molar-refractivity contribution in [1.29, 1.82) is 0 Å². The highest BCUT2D eigenvalue weighted by Gasteiger charge is 2.11. The summed E-state index contributed by atoms with van der Waals surface area (Å²) in [6.07, 6.45) is 0. The number of hydrogen-bond acceptors (Lipinski definition) is 2. The Morgan fingerprint density at radius 2 is 1.61 bits per heavy atom. The molecule has 94 valence electrons. The molecule has 6 heteroatoms. The van der Waals surface area contributed by atoms with Gasteiger partial charge in [-0.3, -0.25) is 0 Å². The fourth-order valence-corrected chi connectivity index (χ4v) is 2.35. The van der Waals surface area contributed by atoms with Crippen molar-refractivity contribution in [3.05, 3.63) is 44.4 Å². The highest BCUT2D eigenvalue weighted by Crippen LogP contribution is 2.34. The van der Waals surface area contributed by atoms with Gasteiger partial charge in [0.2, 0.25) is 0 Å². The second-order valence-corrected chi connectivity index (χ2v) is 5.16. The van der Waals surface area contributed by atoms with Crippen LogP contribution in [0, 0.1) is 0 Å². The van der Waals surface area contributed by atoms with Gasteiger partial charge in [-0.25, -0.2) is 4.98 Å². The molecule has 1 heterocycles. The summed E-state index contributed by atoms with van der Waals surface area (Å²) in [5, 5.41) is 4.76. The van der Waals surface area contributed by atoms with Gasteiger partial charge in [-0.05, 0) is 18.2 Å². The summed E-state index contributed by atoms with van der Waals surface area (Å²) >= 11 is 24.0. The molecule has 2 rings (SSSR count). The molecule has 2 nitrogen and oxygen atoms in total. The van der Waals surface area contributed by atoms with Crippen LogP contribution in [0.5, 0.6) is 0 Å². The van der Waals surface area contributed by atoms with E-state index in [1.165, 1.54) is 0 Å². The van der Waals surface area contributed by atoms with Crippen molar-refractivity contribution in [2.45, 2.75) is 0 Å². The summed E-state index contributed by atoms with van der Waals surface area (Å²) in [5.41, 5.74) is 1.38. The second-order valence-electron chi connectivity index (χ2n) is 3.53. The van der Waals surface area contributed by atoms with Crippen molar-refractivity contribution in [2.75, 3.05) is 12.4 Å². The van der Waals surface area contributed by atoms with Crippen molar-refractivity contribution in [3.63, 3.8) is 0 Å². The topological polar surface area (TPSA) is 24.9 Å². The number of halogens is 4. The van der Waals surface area contributed by atoms with Gasteiger partial charge in [0.05, 0.1) is 25.8 Å². The normalized spacial score (nSPS) is 10.5. The predicted octanol–water partition coefficient (Wildman–Crippen LogP) is 5.40. The molecule has 0 aliphatic rings. The molecule has 0 atom stereocenters. The smallest absolute Gasteiger partial charge is 0.145 e. The Balaban J connectivity index is 2.59. The number of nitrogens with zero attached hydrogens (tertiary/aromatic N) is 1. The lowest BCUT2D eigenvalue weighted by atomic mass is 10.1. The van der Waals surface area contributed by atoms with Gasteiger partial charge in [0.15, 0.2) is 0 Å². The van der Waals surface area contributed by atoms with Crippen LogP contribution in [0.2, 0.25) is 20.1 Å². The number of aromatic nitrogens is 1. The van der Waals surface area contributed by atoms with E-state index < -0.39 is 0 Å². The van der Waals surface area contributed by atoms with Gasteiger partial charge in [0.25, 0.3) is 0 Å². The summed E-state index contributed by atoms with van der Waals surface area (Å²) in [6, 6.07) is 6.85. The van der Waals surface area contributed by atoms with Crippen LogP contribution in [0.4, 0.5) is 5.82 Å². The van der Waals surface area contributed by atoms with E-state index in [4.69, 9.17) is 46.4 Å². The van der Waals surface area contributed by atoms with Crippen LogP contribution < -0.4 is 5.32 Å². The Bertz CT molecular complexity index is 599. The number of rotatable bonds is 2. The van der Waals surface area contributed by atoms with Crippen molar-refractivity contribution in [2.24, 2.45) is 0 Å². The van der Waals surface area contributed by atoms with Gasteiger partial charge in [0, 0.05) is 12.6 Å². The fraction of sp³-hybridized carbons (Fsp3) is 0.0833. The van der Waals surface area contributed by atoms with Crippen LogP contribution >= 0.6 is 46.4 Å². The Morgan fingerprint density at radius 3 is 2.22 bits per heavy atom. The van der Waals surface area contributed by atoms with Gasteiger partial charge in [-0.15, -0.1) is 0 Å². The van der Waals surface area contributed by atoms with Gasteiger partial charge < -0.3 is 5.32 Å². The number of pyridine rings is 1. The highest BCUT2D eigenvalue weighted by molar-refractivity contribution is 6.42. The molecule has 0 fully saturated rings. The van der Waals surface area contributed by atoms with Crippen LogP contribution in [0.1, 0.15) is 0 Å². The van der Waals surface area contributed by atoms with E-state index in [1.54, 1.807) is 31.3 Å². The average Bonchev–Trinajstić information content (AvgIpc) is 2.33. The van der Waals surface area contributed by atoms with Crippen LogP contribution in [0.3, 0.4) is 0 Å². The molecule has 0 aliphatic carbocycles. The third-order valence-electron chi connectivity index (χ3n) is 2.36. The lowest BCUT2D eigenvalue weighted by molar-refractivity contribution is 1.29. The lowest BCUT2D eigenvalue weighted by Gasteiger charge is -2.09. The summed E-state index contributed by atoms with van der Waals surface area (Å²) in [4.78, 5) is 4.35. The van der Waals surface area contributed by atoms with E-state index in [1.807, 2.05) is 0 Å². The number of hydrogen-bond donors (Lipinski definition) is 1. The van der Waals surface area contributed by atoms with Crippen molar-refractivity contribution < 1.29 is 0 Å². The maximum atomic E-state index is 6.13.